The number of nitrogens with one attached hydrogen (secondary N) is 2. The summed E-state index contributed by atoms with van der Waals surface area (Å²) >= 11 is 0. The molecule has 1 aliphatic rings. The monoisotopic (exact) mass is 351 g/mol. The standard InChI is InChI=1S/C14H21N7O2S/c1-20-9-14(18-11-20)24(22,23)19-5-4-15-12-8-13(17-10-16-12)21-6-2-3-7-21/h8-11,19H,2-7H2,1H3,(H,15,16,17). The van der Waals surface area contributed by atoms with Gasteiger partial charge in [0.2, 0.25) is 0 Å². The zero-order valence-corrected chi connectivity index (χ0v) is 14.3. The van der Waals surface area contributed by atoms with E-state index in [-0.39, 0.29) is 11.6 Å². The van der Waals surface area contributed by atoms with Crippen LogP contribution in [0.2, 0.25) is 0 Å². The molecule has 10 heteroatoms. The number of sulfonamides is 1. The van der Waals surface area contributed by atoms with E-state index in [1.807, 2.05) is 6.07 Å². The molecule has 0 atom stereocenters. The molecule has 0 spiro atoms. The number of hydrogen-bond donors (Lipinski definition) is 2. The third-order valence-electron chi connectivity index (χ3n) is 3.76. The van der Waals surface area contributed by atoms with Crippen LogP contribution in [0.15, 0.2) is 29.9 Å². The molecule has 1 fully saturated rings. The van der Waals surface area contributed by atoms with Gasteiger partial charge in [-0.2, -0.15) is 0 Å². The van der Waals surface area contributed by atoms with Gasteiger partial charge in [0, 0.05) is 45.5 Å². The second kappa shape index (κ2) is 7.14. The highest BCUT2D eigenvalue weighted by Crippen LogP contribution is 2.19. The first-order chi connectivity index (χ1) is 11.5. The summed E-state index contributed by atoms with van der Waals surface area (Å²) in [5, 5.41) is 3.12. The van der Waals surface area contributed by atoms with Crippen LogP contribution in [0.25, 0.3) is 0 Å². The van der Waals surface area contributed by atoms with Gasteiger partial charge >= 0.3 is 0 Å². The topological polar surface area (TPSA) is 105 Å². The molecule has 24 heavy (non-hydrogen) atoms. The van der Waals surface area contributed by atoms with Crippen LogP contribution in [-0.2, 0) is 17.1 Å². The maximum absolute atomic E-state index is 12.0. The van der Waals surface area contributed by atoms with Gasteiger partial charge in [-0.1, -0.05) is 0 Å². The van der Waals surface area contributed by atoms with Crippen molar-refractivity contribution < 1.29 is 8.42 Å². The van der Waals surface area contributed by atoms with Crippen LogP contribution in [0, 0.1) is 0 Å². The molecule has 2 aromatic heterocycles. The fourth-order valence-corrected chi connectivity index (χ4v) is 3.55. The Kier molecular flexibility index (Phi) is 4.95. The van der Waals surface area contributed by atoms with E-state index in [1.165, 1.54) is 31.7 Å². The first-order valence-electron chi connectivity index (χ1n) is 7.83. The van der Waals surface area contributed by atoms with Crippen LogP contribution in [0.4, 0.5) is 11.6 Å². The van der Waals surface area contributed by atoms with Gasteiger partial charge in [0.25, 0.3) is 10.0 Å². The van der Waals surface area contributed by atoms with E-state index in [2.05, 4.69) is 29.9 Å². The molecule has 0 unspecified atom stereocenters. The Morgan fingerprint density at radius 1 is 1.17 bits per heavy atom. The van der Waals surface area contributed by atoms with Crippen LogP contribution < -0.4 is 14.9 Å². The van der Waals surface area contributed by atoms with Crippen molar-refractivity contribution in [1.82, 2.24) is 24.2 Å². The normalized spacial score (nSPS) is 15.0. The minimum absolute atomic E-state index is 0.0170. The number of aryl methyl sites for hydroxylation is 1. The molecule has 3 rings (SSSR count). The summed E-state index contributed by atoms with van der Waals surface area (Å²) in [4.78, 5) is 14.5. The van der Waals surface area contributed by atoms with Crippen LogP contribution in [0.5, 0.6) is 0 Å². The van der Waals surface area contributed by atoms with Gasteiger partial charge in [-0.3, -0.25) is 0 Å². The van der Waals surface area contributed by atoms with Gasteiger partial charge in [0.1, 0.15) is 18.0 Å². The number of imidazole rings is 1. The lowest BCUT2D eigenvalue weighted by atomic mass is 10.4. The summed E-state index contributed by atoms with van der Waals surface area (Å²) in [5.41, 5.74) is 0. The highest BCUT2D eigenvalue weighted by atomic mass is 32.2. The van der Waals surface area contributed by atoms with E-state index < -0.39 is 10.0 Å². The lowest BCUT2D eigenvalue weighted by Gasteiger charge is -2.16. The van der Waals surface area contributed by atoms with Crippen molar-refractivity contribution in [3.63, 3.8) is 0 Å². The third-order valence-corrected chi connectivity index (χ3v) is 5.11. The number of nitrogens with zero attached hydrogens (tertiary/aromatic N) is 5. The van der Waals surface area contributed by atoms with Gasteiger partial charge < -0.3 is 14.8 Å². The summed E-state index contributed by atoms with van der Waals surface area (Å²) in [6.07, 6.45) is 6.80. The highest BCUT2D eigenvalue weighted by Gasteiger charge is 2.16. The molecule has 9 nitrogen and oxygen atoms in total. The van der Waals surface area contributed by atoms with E-state index in [0.717, 1.165) is 18.9 Å². The predicted molar refractivity (Wildman–Crippen MR) is 90.4 cm³/mol. The molecular formula is C14H21N7O2S. The molecule has 1 aliphatic heterocycles. The molecule has 3 heterocycles. The molecule has 0 aliphatic carbocycles. The third kappa shape index (κ3) is 4.01. The maximum atomic E-state index is 12.0. The van der Waals surface area contributed by atoms with Crippen LogP contribution in [0.1, 0.15) is 12.8 Å². The van der Waals surface area contributed by atoms with Gasteiger partial charge in [-0.15, -0.1) is 0 Å². The minimum Gasteiger partial charge on any atom is -0.369 e. The SMILES string of the molecule is Cn1cnc(S(=O)(=O)NCCNc2cc(N3CCCC3)ncn2)c1. The Morgan fingerprint density at radius 3 is 2.67 bits per heavy atom. The lowest BCUT2D eigenvalue weighted by molar-refractivity contribution is 0.579. The summed E-state index contributed by atoms with van der Waals surface area (Å²) < 4.78 is 28.2. The summed E-state index contributed by atoms with van der Waals surface area (Å²) in [6, 6.07) is 1.89. The van der Waals surface area contributed by atoms with E-state index >= 15 is 0 Å². The number of rotatable bonds is 7. The molecular weight excluding hydrogens is 330 g/mol. The quantitative estimate of drug-likeness (QED) is 0.687. The van der Waals surface area contributed by atoms with Crippen molar-refractivity contribution in [2.45, 2.75) is 17.9 Å². The summed E-state index contributed by atoms with van der Waals surface area (Å²) in [7, 11) is -1.86. The van der Waals surface area contributed by atoms with Crippen molar-refractivity contribution in [2.75, 3.05) is 36.4 Å². The minimum atomic E-state index is -3.58. The molecule has 0 bridgehead atoms. The summed E-state index contributed by atoms with van der Waals surface area (Å²) in [5.74, 6) is 1.59. The fourth-order valence-electron chi connectivity index (χ4n) is 2.54. The second-order valence-corrected chi connectivity index (χ2v) is 7.37. The van der Waals surface area contributed by atoms with E-state index in [0.29, 0.717) is 12.4 Å². The molecule has 1 saturated heterocycles. The van der Waals surface area contributed by atoms with E-state index in [1.54, 1.807) is 11.6 Å². The van der Waals surface area contributed by atoms with Gasteiger partial charge in [-0.25, -0.2) is 28.1 Å². The largest absolute Gasteiger partial charge is 0.369 e. The zero-order valence-electron chi connectivity index (χ0n) is 13.5. The molecule has 2 aromatic rings. The van der Waals surface area contributed by atoms with Crippen LogP contribution in [0.3, 0.4) is 0 Å². The van der Waals surface area contributed by atoms with Crippen molar-refractivity contribution in [3.8, 4) is 0 Å². The number of hydrogen-bond acceptors (Lipinski definition) is 7. The number of anilines is 2. The molecule has 0 amide bonds. The first-order valence-corrected chi connectivity index (χ1v) is 9.31. The zero-order chi connectivity index (χ0) is 17.0. The molecule has 130 valence electrons. The second-order valence-electron chi connectivity index (χ2n) is 5.66. The highest BCUT2D eigenvalue weighted by molar-refractivity contribution is 7.89. The first kappa shape index (κ1) is 16.7. The van der Waals surface area contributed by atoms with Crippen molar-refractivity contribution in [2.24, 2.45) is 7.05 Å². The maximum Gasteiger partial charge on any atom is 0.259 e. The molecule has 0 aromatic carbocycles. The van der Waals surface area contributed by atoms with Crippen molar-refractivity contribution >= 4 is 21.7 Å². The molecule has 0 radical (unpaired) electrons. The Labute approximate surface area is 141 Å². The smallest absolute Gasteiger partial charge is 0.259 e. The Bertz CT molecular complexity index is 784. The Balaban J connectivity index is 1.50. The lowest BCUT2D eigenvalue weighted by Crippen LogP contribution is -2.29. The van der Waals surface area contributed by atoms with Gasteiger partial charge in [0.05, 0.1) is 6.33 Å². The average Bonchev–Trinajstić information content (AvgIpc) is 3.23. The Morgan fingerprint density at radius 2 is 1.96 bits per heavy atom. The number of aromatic nitrogens is 4. The van der Waals surface area contributed by atoms with Crippen molar-refractivity contribution in [3.05, 3.63) is 24.9 Å². The van der Waals surface area contributed by atoms with Gasteiger partial charge in [0.15, 0.2) is 5.03 Å². The predicted octanol–water partition coefficient (Wildman–Crippen LogP) is 0.201. The molecule has 2 N–H and O–H groups in total. The van der Waals surface area contributed by atoms with E-state index in [9.17, 15) is 8.42 Å². The Hall–Kier alpha value is -2.20. The van der Waals surface area contributed by atoms with Gasteiger partial charge in [-0.05, 0) is 12.8 Å². The van der Waals surface area contributed by atoms with Crippen LogP contribution in [-0.4, -0.2) is 54.1 Å². The fraction of sp³-hybridized carbons (Fsp3) is 0.500. The van der Waals surface area contributed by atoms with E-state index in [4.69, 9.17) is 0 Å². The average molecular weight is 351 g/mol. The molecule has 0 saturated carbocycles. The van der Waals surface area contributed by atoms with Crippen molar-refractivity contribution in [1.29, 1.82) is 0 Å². The summed E-state index contributed by atoms with van der Waals surface area (Å²) in [6.45, 7) is 2.69. The van der Waals surface area contributed by atoms with Crippen LogP contribution >= 0.6 is 0 Å².